The molecule has 0 bridgehead atoms. The molecule has 0 heterocycles. The van der Waals surface area contributed by atoms with Crippen LogP contribution in [0.15, 0.2) is 23.3 Å². The van der Waals surface area contributed by atoms with E-state index >= 15 is 0 Å². The maximum absolute atomic E-state index is 5.00. The topological polar surface area (TPSA) is 36.4 Å². The highest BCUT2D eigenvalue weighted by molar-refractivity contribution is 7.80. The van der Waals surface area contributed by atoms with Gasteiger partial charge in [0.05, 0.1) is 0 Å². The summed E-state index contributed by atoms with van der Waals surface area (Å²) < 4.78 is 0. The number of anilines is 1. The zero-order valence-corrected chi connectivity index (χ0v) is 9.11. The van der Waals surface area contributed by atoms with Gasteiger partial charge in [0.15, 0.2) is 5.11 Å². The van der Waals surface area contributed by atoms with Crippen LogP contribution in [0.25, 0.3) is 0 Å². The maximum Gasteiger partial charge on any atom is 0.191 e. The highest BCUT2D eigenvalue weighted by Crippen LogP contribution is 2.18. The average Bonchev–Trinajstić information content (AvgIpc) is 2.12. The molecule has 1 aromatic carbocycles. The number of thiocarbonyl (C=S) groups is 1. The van der Waals surface area contributed by atoms with E-state index < -0.39 is 0 Å². The van der Waals surface area contributed by atoms with E-state index in [1.807, 2.05) is 32.0 Å². The number of nitrogens with one attached hydrogen (secondary N) is 2. The first-order valence-corrected chi connectivity index (χ1v) is 4.65. The van der Waals surface area contributed by atoms with Crippen LogP contribution in [0, 0.1) is 13.8 Å². The third-order valence-electron chi connectivity index (χ3n) is 1.90. The van der Waals surface area contributed by atoms with E-state index in [0.717, 1.165) is 16.8 Å². The molecule has 3 nitrogen and oxygen atoms in total. The standard InChI is InChI=1S/C10H13N3S.2H2/c1-7-5-4-6-8(2)9(7)12-10(14)13-11-3;;/h4-6H,3H2,1-2H3,(H2,12,13,14);2*1H. The zero-order valence-electron chi connectivity index (χ0n) is 8.29. The predicted octanol–water partition coefficient (Wildman–Crippen LogP) is 2.70. The summed E-state index contributed by atoms with van der Waals surface area (Å²) >= 11 is 5.00. The van der Waals surface area contributed by atoms with Gasteiger partial charge in [0.1, 0.15) is 0 Å². The molecule has 4 heteroatoms. The summed E-state index contributed by atoms with van der Waals surface area (Å²) in [5.41, 5.74) is 5.91. The van der Waals surface area contributed by atoms with Gasteiger partial charge in [-0.3, -0.25) is 5.43 Å². The number of para-hydroxylation sites is 1. The molecule has 0 atom stereocenters. The minimum Gasteiger partial charge on any atom is -0.331 e. The van der Waals surface area contributed by atoms with Crippen molar-refractivity contribution in [1.82, 2.24) is 5.43 Å². The number of nitrogens with zero attached hydrogens (tertiary/aromatic N) is 1. The normalized spacial score (nSPS) is 9.29. The first-order chi connectivity index (χ1) is 6.65. The molecule has 78 valence electrons. The van der Waals surface area contributed by atoms with Gasteiger partial charge in [-0.05, 0) is 37.2 Å². The molecular formula is C10H17N3S. The molecule has 0 fully saturated rings. The summed E-state index contributed by atoms with van der Waals surface area (Å²) in [6, 6.07) is 6.07. The molecule has 0 aliphatic rings. The molecule has 0 saturated carbocycles. The first-order valence-electron chi connectivity index (χ1n) is 4.24. The molecule has 1 rings (SSSR count). The highest BCUT2D eigenvalue weighted by atomic mass is 32.1. The van der Waals surface area contributed by atoms with Gasteiger partial charge in [-0.15, -0.1) is 0 Å². The lowest BCUT2D eigenvalue weighted by Gasteiger charge is -2.12. The summed E-state index contributed by atoms with van der Waals surface area (Å²) in [4.78, 5) is 0. The first kappa shape index (κ1) is 10.7. The summed E-state index contributed by atoms with van der Waals surface area (Å²) in [6.45, 7) is 7.35. The van der Waals surface area contributed by atoms with Crippen molar-refractivity contribution in [2.24, 2.45) is 5.10 Å². The molecule has 0 radical (unpaired) electrons. The van der Waals surface area contributed by atoms with Crippen molar-refractivity contribution in [2.75, 3.05) is 5.32 Å². The molecule has 0 spiro atoms. The van der Waals surface area contributed by atoms with E-state index in [2.05, 4.69) is 22.6 Å². The molecule has 1 aromatic rings. The van der Waals surface area contributed by atoms with Crippen molar-refractivity contribution in [1.29, 1.82) is 0 Å². The van der Waals surface area contributed by atoms with E-state index in [9.17, 15) is 0 Å². The quantitative estimate of drug-likeness (QED) is 0.448. The van der Waals surface area contributed by atoms with Crippen LogP contribution in [0.3, 0.4) is 0 Å². The highest BCUT2D eigenvalue weighted by Gasteiger charge is 2.02. The lowest BCUT2D eigenvalue weighted by molar-refractivity contribution is 1.06. The summed E-state index contributed by atoms with van der Waals surface area (Å²) in [6.07, 6.45) is 0. The van der Waals surface area contributed by atoms with Crippen LogP contribution in [0.1, 0.15) is 14.0 Å². The van der Waals surface area contributed by atoms with Gasteiger partial charge in [-0.2, -0.15) is 5.10 Å². The Balaban J connectivity index is 0. The smallest absolute Gasteiger partial charge is 0.191 e. The van der Waals surface area contributed by atoms with Crippen LogP contribution < -0.4 is 10.7 Å². The third kappa shape index (κ3) is 2.53. The minimum absolute atomic E-state index is 0. The summed E-state index contributed by atoms with van der Waals surface area (Å²) in [5, 5.41) is 7.01. The Labute approximate surface area is 92.2 Å². The van der Waals surface area contributed by atoms with Gasteiger partial charge in [-0.1, -0.05) is 18.2 Å². The number of hydrogen-bond donors (Lipinski definition) is 2. The van der Waals surface area contributed by atoms with E-state index in [1.165, 1.54) is 0 Å². The van der Waals surface area contributed by atoms with Crippen LogP contribution >= 0.6 is 12.2 Å². The average molecular weight is 211 g/mol. The fourth-order valence-corrected chi connectivity index (χ4v) is 1.39. The Morgan fingerprint density at radius 2 is 2.00 bits per heavy atom. The summed E-state index contributed by atoms with van der Waals surface area (Å²) in [5.74, 6) is 0. The van der Waals surface area contributed by atoms with Gasteiger partial charge in [-0.25, -0.2) is 0 Å². The minimum atomic E-state index is 0. The predicted molar refractivity (Wildman–Crippen MR) is 69.0 cm³/mol. The number of rotatable bonds is 2. The summed E-state index contributed by atoms with van der Waals surface area (Å²) in [7, 11) is 0. The third-order valence-corrected chi connectivity index (χ3v) is 2.09. The van der Waals surface area contributed by atoms with Gasteiger partial charge in [0.25, 0.3) is 0 Å². The Morgan fingerprint density at radius 3 is 2.50 bits per heavy atom. The van der Waals surface area contributed by atoms with Crippen molar-refractivity contribution >= 4 is 29.7 Å². The number of benzene rings is 1. The number of hydrogen-bond acceptors (Lipinski definition) is 2. The van der Waals surface area contributed by atoms with Gasteiger partial charge in [0.2, 0.25) is 0 Å². The second-order valence-corrected chi connectivity index (χ2v) is 3.40. The van der Waals surface area contributed by atoms with Gasteiger partial charge < -0.3 is 5.32 Å². The van der Waals surface area contributed by atoms with Gasteiger partial charge >= 0.3 is 0 Å². The van der Waals surface area contributed by atoms with Crippen molar-refractivity contribution in [3.63, 3.8) is 0 Å². The second-order valence-electron chi connectivity index (χ2n) is 2.99. The largest absolute Gasteiger partial charge is 0.331 e. The van der Waals surface area contributed by atoms with E-state index in [1.54, 1.807) is 0 Å². The Hall–Kier alpha value is -1.42. The lowest BCUT2D eigenvalue weighted by Crippen LogP contribution is -2.24. The maximum atomic E-state index is 5.00. The monoisotopic (exact) mass is 211 g/mol. The van der Waals surface area contributed by atoms with E-state index in [-0.39, 0.29) is 2.85 Å². The van der Waals surface area contributed by atoms with Crippen LogP contribution in [0.2, 0.25) is 0 Å². The lowest BCUT2D eigenvalue weighted by atomic mass is 10.1. The Bertz CT molecular complexity index is 349. The SMILES string of the molecule is C=NNC(=S)Nc1c(C)cccc1C.[HH].[HH]. The van der Waals surface area contributed by atoms with Crippen LogP contribution in [-0.2, 0) is 0 Å². The van der Waals surface area contributed by atoms with E-state index in [4.69, 9.17) is 12.2 Å². The zero-order chi connectivity index (χ0) is 10.6. The van der Waals surface area contributed by atoms with Crippen molar-refractivity contribution < 1.29 is 2.85 Å². The second kappa shape index (κ2) is 4.72. The Kier molecular flexibility index (Phi) is 3.59. The van der Waals surface area contributed by atoms with Crippen LogP contribution in [0.5, 0.6) is 0 Å². The molecule has 14 heavy (non-hydrogen) atoms. The van der Waals surface area contributed by atoms with Crippen molar-refractivity contribution in [2.45, 2.75) is 13.8 Å². The molecule has 0 aliphatic heterocycles. The van der Waals surface area contributed by atoms with Gasteiger partial charge in [0, 0.05) is 15.3 Å². The molecule has 0 unspecified atom stereocenters. The molecule has 2 N–H and O–H groups in total. The number of hydrazone groups is 1. The molecular weight excluding hydrogens is 194 g/mol. The van der Waals surface area contributed by atoms with Crippen molar-refractivity contribution in [3.05, 3.63) is 29.3 Å². The Morgan fingerprint density at radius 1 is 1.43 bits per heavy atom. The number of aryl methyl sites for hydroxylation is 2. The molecule has 0 aromatic heterocycles. The van der Waals surface area contributed by atoms with Crippen molar-refractivity contribution in [3.8, 4) is 0 Å². The molecule has 0 saturated heterocycles. The molecule has 0 amide bonds. The fraction of sp³-hybridized carbons (Fsp3) is 0.200. The fourth-order valence-electron chi connectivity index (χ4n) is 1.22. The van der Waals surface area contributed by atoms with Crippen LogP contribution in [0.4, 0.5) is 5.69 Å². The molecule has 0 aliphatic carbocycles. The van der Waals surface area contributed by atoms with Crippen LogP contribution in [-0.4, -0.2) is 11.8 Å². The van der Waals surface area contributed by atoms with E-state index in [0.29, 0.717) is 5.11 Å².